The number of aromatic carboxylic acids is 1. The maximum atomic E-state index is 11.1. The highest BCUT2D eigenvalue weighted by Crippen LogP contribution is 2.25. The van der Waals surface area contributed by atoms with Gasteiger partial charge in [0.2, 0.25) is 0 Å². The maximum absolute atomic E-state index is 11.1. The lowest BCUT2D eigenvalue weighted by Gasteiger charge is -2.08. The highest BCUT2D eigenvalue weighted by atomic mass is 35.5. The number of benzene rings is 1. The van der Waals surface area contributed by atoms with Gasteiger partial charge in [0.05, 0.1) is 22.4 Å². The van der Waals surface area contributed by atoms with Crippen LogP contribution in [0.25, 0.3) is 11.0 Å². The predicted molar refractivity (Wildman–Crippen MR) is 80.2 cm³/mol. The number of carboxylic acid groups (broad SMARTS) is 1. The number of carboxylic acids is 1. The van der Waals surface area contributed by atoms with Crippen molar-refractivity contribution in [3.05, 3.63) is 47.4 Å². The first kappa shape index (κ1) is 13.4. The van der Waals surface area contributed by atoms with Gasteiger partial charge < -0.3 is 15.0 Å². The third-order valence-corrected chi connectivity index (χ3v) is 3.43. The molecule has 0 aliphatic carbocycles. The third kappa shape index (κ3) is 2.41. The molecule has 0 spiro atoms. The normalized spacial score (nSPS) is 10.8. The van der Waals surface area contributed by atoms with E-state index in [4.69, 9.17) is 16.7 Å². The van der Waals surface area contributed by atoms with Crippen LogP contribution in [0.5, 0.6) is 0 Å². The second-order valence-electron chi connectivity index (χ2n) is 4.51. The van der Waals surface area contributed by atoms with Gasteiger partial charge >= 0.3 is 5.97 Å². The quantitative estimate of drug-likeness (QED) is 0.777. The van der Waals surface area contributed by atoms with E-state index in [2.05, 4.69) is 15.3 Å². The van der Waals surface area contributed by atoms with Gasteiger partial charge in [-0.1, -0.05) is 11.6 Å². The molecule has 1 aromatic carbocycles. The Balaban J connectivity index is 2.03. The number of hydrogen-bond acceptors (Lipinski definition) is 4. The van der Waals surface area contributed by atoms with Gasteiger partial charge in [-0.2, -0.15) is 0 Å². The van der Waals surface area contributed by atoms with Gasteiger partial charge in [0.15, 0.2) is 5.82 Å². The summed E-state index contributed by atoms with van der Waals surface area (Å²) in [6, 6.07) is 6.55. The molecule has 2 heterocycles. The number of aromatic nitrogens is 3. The zero-order chi connectivity index (χ0) is 15.0. The number of aryl methyl sites for hydroxylation is 1. The summed E-state index contributed by atoms with van der Waals surface area (Å²) >= 11 is 5.85. The molecule has 0 unspecified atom stereocenters. The molecule has 0 amide bonds. The Labute approximate surface area is 125 Å². The van der Waals surface area contributed by atoms with E-state index in [9.17, 15) is 4.79 Å². The lowest BCUT2D eigenvalue weighted by Crippen LogP contribution is -2.00. The molecule has 0 saturated heterocycles. The molecule has 0 radical (unpaired) electrons. The van der Waals surface area contributed by atoms with Gasteiger partial charge in [0.25, 0.3) is 0 Å². The Hall–Kier alpha value is -2.60. The van der Waals surface area contributed by atoms with Crippen LogP contribution >= 0.6 is 11.6 Å². The fourth-order valence-corrected chi connectivity index (χ4v) is 2.26. The Morgan fingerprint density at radius 3 is 2.90 bits per heavy atom. The highest BCUT2D eigenvalue weighted by molar-refractivity contribution is 6.33. The standard InChI is InChI=1S/C14H11ClN4O2/c1-19-7-17-12-11(19)4-5-16-13(12)18-8-2-3-10(15)9(6-8)14(20)21/h2-7H,1H3,(H,16,18)(H,20,21). The molecule has 0 aliphatic rings. The first-order valence-electron chi connectivity index (χ1n) is 6.12. The number of carbonyl (C=O) groups is 1. The molecule has 0 saturated carbocycles. The predicted octanol–water partition coefficient (Wildman–Crippen LogP) is 3.06. The van der Waals surface area contributed by atoms with Crippen molar-refractivity contribution in [3.8, 4) is 0 Å². The van der Waals surface area contributed by atoms with E-state index < -0.39 is 5.97 Å². The van der Waals surface area contributed by atoms with Gasteiger partial charge in [-0.15, -0.1) is 0 Å². The van der Waals surface area contributed by atoms with Crippen LogP contribution in [-0.4, -0.2) is 25.6 Å². The first-order chi connectivity index (χ1) is 10.1. The molecule has 21 heavy (non-hydrogen) atoms. The number of pyridine rings is 1. The van der Waals surface area contributed by atoms with E-state index in [0.29, 0.717) is 17.0 Å². The topological polar surface area (TPSA) is 80.0 Å². The second kappa shape index (κ2) is 5.06. The molecule has 7 heteroatoms. The fraction of sp³-hybridized carbons (Fsp3) is 0.0714. The molecule has 106 valence electrons. The van der Waals surface area contributed by atoms with Crippen molar-refractivity contribution in [2.45, 2.75) is 0 Å². The minimum atomic E-state index is -1.08. The average molecular weight is 303 g/mol. The molecular weight excluding hydrogens is 292 g/mol. The van der Waals surface area contributed by atoms with Crippen LogP contribution in [0.3, 0.4) is 0 Å². The van der Waals surface area contributed by atoms with Crippen LogP contribution in [0.2, 0.25) is 5.02 Å². The van der Waals surface area contributed by atoms with Crippen molar-refractivity contribution < 1.29 is 9.90 Å². The van der Waals surface area contributed by atoms with Crippen LogP contribution in [0, 0.1) is 0 Å². The number of imidazole rings is 1. The maximum Gasteiger partial charge on any atom is 0.337 e. The smallest absolute Gasteiger partial charge is 0.337 e. The Morgan fingerprint density at radius 2 is 2.14 bits per heavy atom. The minimum absolute atomic E-state index is 0.0369. The summed E-state index contributed by atoms with van der Waals surface area (Å²) < 4.78 is 1.88. The number of rotatable bonds is 3. The summed E-state index contributed by atoms with van der Waals surface area (Å²) in [7, 11) is 1.89. The second-order valence-corrected chi connectivity index (χ2v) is 4.91. The zero-order valence-corrected chi connectivity index (χ0v) is 11.8. The number of nitrogens with zero attached hydrogens (tertiary/aromatic N) is 3. The number of fused-ring (bicyclic) bond motifs is 1. The van der Waals surface area contributed by atoms with Crippen LogP contribution in [-0.2, 0) is 7.05 Å². The lowest BCUT2D eigenvalue weighted by molar-refractivity contribution is 0.0697. The van der Waals surface area contributed by atoms with Crippen LogP contribution in [0.15, 0.2) is 36.8 Å². The summed E-state index contributed by atoms with van der Waals surface area (Å²) in [5.41, 5.74) is 2.27. The van der Waals surface area contributed by atoms with E-state index >= 15 is 0 Å². The van der Waals surface area contributed by atoms with Gasteiger partial charge in [0.1, 0.15) is 5.52 Å². The molecule has 6 nitrogen and oxygen atoms in total. The number of halogens is 1. The van der Waals surface area contributed by atoms with Crippen LogP contribution in [0.1, 0.15) is 10.4 Å². The van der Waals surface area contributed by atoms with Crippen molar-refractivity contribution in [2.24, 2.45) is 7.05 Å². The summed E-state index contributed by atoms with van der Waals surface area (Å²) in [5.74, 6) is -0.514. The Bertz CT molecular complexity index is 844. The summed E-state index contributed by atoms with van der Waals surface area (Å²) in [6.07, 6.45) is 3.36. The van der Waals surface area contributed by atoms with Crippen molar-refractivity contribution in [3.63, 3.8) is 0 Å². The van der Waals surface area contributed by atoms with Gasteiger partial charge in [-0.3, -0.25) is 0 Å². The molecule has 0 atom stereocenters. The number of nitrogens with one attached hydrogen (secondary N) is 1. The Morgan fingerprint density at radius 1 is 1.33 bits per heavy atom. The molecule has 3 rings (SSSR count). The molecular formula is C14H11ClN4O2. The summed E-state index contributed by atoms with van der Waals surface area (Å²) in [4.78, 5) is 19.6. The van der Waals surface area contributed by atoms with Crippen molar-refractivity contribution in [2.75, 3.05) is 5.32 Å². The van der Waals surface area contributed by atoms with E-state index in [1.807, 2.05) is 17.7 Å². The summed E-state index contributed by atoms with van der Waals surface area (Å²) in [6.45, 7) is 0. The van der Waals surface area contributed by atoms with E-state index in [-0.39, 0.29) is 10.6 Å². The zero-order valence-electron chi connectivity index (χ0n) is 11.0. The van der Waals surface area contributed by atoms with Crippen molar-refractivity contribution >= 4 is 40.1 Å². The number of anilines is 2. The monoisotopic (exact) mass is 302 g/mol. The third-order valence-electron chi connectivity index (χ3n) is 3.10. The van der Waals surface area contributed by atoms with Crippen molar-refractivity contribution in [1.82, 2.24) is 14.5 Å². The summed E-state index contributed by atoms with van der Waals surface area (Å²) in [5, 5.41) is 12.4. The van der Waals surface area contributed by atoms with E-state index in [0.717, 1.165) is 5.52 Å². The Kier molecular flexibility index (Phi) is 3.23. The molecule has 2 aromatic heterocycles. The SMILES string of the molecule is Cn1cnc2c(Nc3ccc(Cl)c(C(=O)O)c3)nccc21. The lowest BCUT2D eigenvalue weighted by atomic mass is 10.2. The molecule has 0 aliphatic heterocycles. The van der Waals surface area contributed by atoms with Gasteiger partial charge in [-0.25, -0.2) is 14.8 Å². The molecule has 3 aromatic rings. The highest BCUT2D eigenvalue weighted by Gasteiger charge is 2.11. The van der Waals surface area contributed by atoms with Gasteiger partial charge in [0, 0.05) is 18.9 Å². The van der Waals surface area contributed by atoms with E-state index in [1.165, 1.54) is 12.1 Å². The average Bonchev–Trinajstić information content (AvgIpc) is 2.84. The minimum Gasteiger partial charge on any atom is -0.478 e. The van der Waals surface area contributed by atoms with Crippen molar-refractivity contribution in [1.29, 1.82) is 0 Å². The molecule has 0 fully saturated rings. The fourth-order valence-electron chi connectivity index (χ4n) is 2.06. The van der Waals surface area contributed by atoms with Crippen LogP contribution in [0.4, 0.5) is 11.5 Å². The largest absolute Gasteiger partial charge is 0.478 e. The molecule has 0 bridgehead atoms. The van der Waals surface area contributed by atoms with Crippen LogP contribution < -0.4 is 5.32 Å². The first-order valence-corrected chi connectivity index (χ1v) is 6.50. The van der Waals surface area contributed by atoms with E-state index in [1.54, 1.807) is 18.6 Å². The number of hydrogen-bond donors (Lipinski definition) is 2. The molecule has 2 N–H and O–H groups in total. The van der Waals surface area contributed by atoms with Gasteiger partial charge in [-0.05, 0) is 24.3 Å².